The fourth-order valence-electron chi connectivity index (χ4n) is 4.00. The number of nitrogen functional groups attached to an aromatic ring is 1. The lowest BCUT2D eigenvalue weighted by Gasteiger charge is -2.37. The molecule has 2 N–H and O–H groups in total. The van der Waals surface area contributed by atoms with Crippen molar-refractivity contribution in [1.29, 1.82) is 0 Å². The Hall–Kier alpha value is -3.43. The second-order valence-electron chi connectivity index (χ2n) is 7.63. The standard InChI is InChI=1S/C25H23N5O2S2/c1-32-21-13-7-5-11-18(21)24-27-28-25(30(24)26)34-16-23(31)29-19-12-6-8-14-22(19)33-15-20(29)17-9-3-2-4-10-17/h2-14,20H,15-16,26H2,1H3/t20-/m1/s1. The molecule has 3 aromatic carbocycles. The minimum atomic E-state index is -0.0471. The summed E-state index contributed by atoms with van der Waals surface area (Å²) in [4.78, 5) is 16.6. The lowest BCUT2D eigenvalue weighted by Crippen LogP contribution is -2.39. The summed E-state index contributed by atoms with van der Waals surface area (Å²) < 4.78 is 6.83. The van der Waals surface area contributed by atoms with Crippen molar-refractivity contribution < 1.29 is 9.53 Å². The minimum absolute atomic E-state index is 0.00607. The number of anilines is 1. The average Bonchev–Trinajstić information content (AvgIpc) is 3.26. The molecule has 1 aliphatic rings. The van der Waals surface area contributed by atoms with Crippen LogP contribution in [0.2, 0.25) is 0 Å². The third kappa shape index (κ3) is 4.24. The monoisotopic (exact) mass is 489 g/mol. The maximum Gasteiger partial charge on any atom is 0.238 e. The van der Waals surface area contributed by atoms with Gasteiger partial charge in [-0.1, -0.05) is 66.4 Å². The highest BCUT2D eigenvalue weighted by atomic mass is 32.2. The van der Waals surface area contributed by atoms with Crippen LogP contribution in [0.3, 0.4) is 0 Å². The first kappa shape index (κ1) is 22.4. The first-order valence-electron chi connectivity index (χ1n) is 10.7. The maximum absolute atomic E-state index is 13.6. The van der Waals surface area contributed by atoms with Crippen LogP contribution in [0.15, 0.2) is 88.9 Å². The van der Waals surface area contributed by atoms with Gasteiger partial charge in [-0.25, -0.2) is 4.68 Å². The van der Waals surface area contributed by atoms with E-state index in [2.05, 4.69) is 28.4 Å². The number of amides is 1. The Labute approximate surface area is 206 Å². The molecule has 1 aromatic heterocycles. The minimum Gasteiger partial charge on any atom is -0.496 e. The lowest BCUT2D eigenvalue weighted by atomic mass is 10.1. The number of para-hydroxylation sites is 2. The summed E-state index contributed by atoms with van der Waals surface area (Å²) in [7, 11) is 1.60. The molecule has 0 aliphatic carbocycles. The third-order valence-electron chi connectivity index (χ3n) is 5.62. The number of thioether (sulfide) groups is 2. The molecular weight excluding hydrogens is 466 g/mol. The van der Waals surface area contributed by atoms with Crippen molar-refractivity contribution in [3.05, 3.63) is 84.4 Å². The zero-order chi connectivity index (χ0) is 23.5. The smallest absolute Gasteiger partial charge is 0.238 e. The van der Waals surface area contributed by atoms with Crippen LogP contribution >= 0.6 is 23.5 Å². The number of nitrogens with two attached hydrogens (primary N) is 1. The molecule has 4 aromatic rings. The van der Waals surface area contributed by atoms with Crippen molar-refractivity contribution in [2.75, 3.05) is 29.4 Å². The van der Waals surface area contributed by atoms with E-state index in [1.807, 2.05) is 65.6 Å². The van der Waals surface area contributed by atoms with Gasteiger partial charge < -0.3 is 15.5 Å². The average molecular weight is 490 g/mol. The topological polar surface area (TPSA) is 86.3 Å². The van der Waals surface area contributed by atoms with E-state index in [9.17, 15) is 4.79 Å². The Morgan fingerprint density at radius 2 is 1.79 bits per heavy atom. The number of benzene rings is 3. The van der Waals surface area contributed by atoms with Crippen LogP contribution < -0.4 is 15.5 Å². The Morgan fingerprint density at radius 3 is 2.62 bits per heavy atom. The third-order valence-corrected chi connectivity index (χ3v) is 7.69. The van der Waals surface area contributed by atoms with Gasteiger partial charge in [-0.05, 0) is 29.8 Å². The number of carbonyl (C=O) groups is 1. The van der Waals surface area contributed by atoms with Gasteiger partial charge in [0, 0.05) is 10.6 Å². The summed E-state index contributed by atoms with van der Waals surface area (Å²) >= 11 is 3.05. The van der Waals surface area contributed by atoms with Crippen molar-refractivity contribution in [1.82, 2.24) is 14.9 Å². The summed E-state index contributed by atoms with van der Waals surface area (Å²) in [5.41, 5.74) is 2.79. The van der Waals surface area contributed by atoms with Crippen molar-refractivity contribution in [3.63, 3.8) is 0 Å². The number of fused-ring (bicyclic) bond motifs is 1. The molecule has 0 unspecified atom stereocenters. The van der Waals surface area contributed by atoms with E-state index in [1.165, 1.54) is 16.4 Å². The van der Waals surface area contributed by atoms with Gasteiger partial charge >= 0.3 is 0 Å². The maximum atomic E-state index is 13.6. The van der Waals surface area contributed by atoms with Crippen molar-refractivity contribution in [3.8, 4) is 17.1 Å². The Morgan fingerprint density at radius 1 is 1.06 bits per heavy atom. The van der Waals surface area contributed by atoms with E-state index in [0.717, 1.165) is 27.5 Å². The highest BCUT2D eigenvalue weighted by molar-refractivity contribution is 8.00. The molecule has 7 nitrogen and oxygen atoms in total. The van der Waals surface area contributed by atoms with Gasteiger partial charge in [-0.2, -0.15) is 0 Å². The normalized spacial score (nSPS) is 15.1. The van der Waals surface area contributed by atoms with Crippen LogP contribution in [0.1, 0.15) is 11.6 Å². The number of hydrogen-bond donors (Lipinski definition) is 1. The first-order chi connectivity index (χ1) is 16.7. The lowest BCUT2D eigenvalue weighted by molar-refractivity contribution is -0.116. The molecule has 9 heteroatoms. The molecule has 0 saturated heterocycles. The summed E-state index contributed by atoms with van der Waals surface area (Å²) in [6, 6.07) is 25.6. The van der Waals surface area contributed by atoms with Gasteiger partial charge in [0.1, 0.15) is 5.75 Å². The highest BCUT2D eigenvalue weighted by Crippen LogP contribution is 2.43. The van der Waals surface area contributed by atoms with Crippen LogP contribution in [0, 0.1) is 0 Å². The quantitative estimate of drug-likeness (QED) is 0.312. The highest BCUT2D eigenvalue weighted by Gasteiger charge is 2.32. The molecule has 0 bridgehead atoms. The largest absolute Gasteiger partial charge is 0.496 e. The Kier molecular flexibility index (Phi) is 6.46. The number of hydrogen-bond acceptors (Lipinski definition) is 7. The van der Waals surface area contributed by atoms with E-state index in [4.69, 9.17) is 10.6 Å². The summed E-state index contributed by atoms with van der Waals surface area (Å²) in [5, 5.41) is 8.93. The van der Waals surface area contributed by atoms with Crippen LogP contribution in [-0.2, 0) is 4.79 Å². The van der Waals surface area contributed by atoms with Crippen LogP contribution in [-0.4, -0.2) is 39.4 Å². The van der Waals surface area contributed by atoms with Gasteiger partial charge in [-0.3, -0.25) is 4.79 Å². The fraction of sp³-hybridized carbons (Fsp3) is 0.160. The predicted octanol–water partition coefficient (Wildman–Crippen LogP) is 4.64. The van der Waals surface area contributed by atoms with E-state index >= 15 is 0 Å². The zero-order valence-corrected chi connectivity index (χ0v) is 20.1. The number of carbonyl (C=O) groups excluding carboxylic acids is 1. The first-order valence-corrected chi connectivity index (χ1v) is 12.7. The van der Waals surface area contributed by atoms with Crippen LogP contribution in [0.5, 0.6) is 5.75 Å². The predicted molar refractivity (Wildman–Crippen MR) is 137 cm³/mol. The Bertz CT molecular complexity index is 1310. The van der Waals surface area contributed by atoms with Crippen molar-refractivity contribution in [2.24, 2.45) is 0 Å². The molecule has 0 spiro atoms. The van der Waals surface area contributed by atoms with Gasteiger partial charge in [0.05, 0.1) is 30.2 Å². The van der Waals surface area contributed by atoms with Gasteiger partial charge in [0.2, 0.25) is 11.1 Å². The summed E-state index contributed by atoms with van der Waals surface area (Å²) in [6.45, 7) is 0. The van der Waals surface area contributed by atoms with Crippen LogP contribution in [0.4, 0.5) is 5.69 Å². The number of aromatic nitrogens is 3. The molecule has 1 atom stereocenters. The zero-order valence-electron chi connectivity index (χ0n) is 18.5. The molecule has 0 radical (unpaired) electrons. The summed E-state index contributed by atoms with van der Waals surface area (Å²) in [5.74, 6) is 8.41. The molecule has 2 heterocycles. The fourth-order valence-corrected chi connectivity index (χ4v) is 5.89. The molecule has 1 amide bonds. The number of ether oxygens (including phenoxy) is 1. The second kappa shape index (κ2) is 9.82. The number of nitrogens with zero attached hydrogens (tertiary/aromatic N) is 4. The van der Waals surface area contributed by atoms with Gasteiger partial charge in [0.25, 0.3) is 0 Å². The molecule has 34 heavy (non-hydrogen) atoms. The molecule has 0 saturated carbocycles. The number of methoxy groups -OCH3 is 1. The van der Waals surface area contributed by atoms with E-state index in [1.54, 1.807) is 18.9 Å². The van der Waals surface area contributed by atoms with Crippen LogP contribution in [0.25, 0.3) is 11.4 Å². The molecular formula is C25H23N5O2S2. The number of rotatable bonds is 6. The molecule has 172 valence electrons. The second-order valence-corrected chi connectivity index (χ2v) is 9.64. The van der Waals surface area contributed by atoms with Gasteiger partial charge in [-0.15, -0.1) is 22.0 Å². The van der Waals surface area contributed by atoms with Crippen molar-refractivity contribution >= 4 is 35.1 Å². The molecule has 0 fully saturated rings. The summed E-state index contributed by atoms with van der Waals surface area (Å²) in [6.07, 6.45) is 0. The molecule has 1 aliphatic heterocycles. The van der Waals surface area contributed by atoms with E-state index in [0.29, 0.717) is 16.7 Å². The SMILES string of the molecule is COc1ccccc1-c1nnc(SCC(=O)N2c3ccccc3SC[C@@H]2c2ccccc2)n1N. The van der Waals surface area contributed by atoms with E-state index < -0.39 is 0 Å². The molecule has 5 rings (SSSR count). The van der Waals surface area contributed by atoms with Gasteiger partial charge in [0.15, 0.2) is 5.82 Å². The van der Waals surface area contributed by atoms with E-state index in [-0.39, 0.29) is 17.7 Å². The van der Waals surface area contributed by atoms with Crippen molar-refractivity contribution in [2.45, 2.75) is 16.1 Å². The Balaban J connectivity index is 1.40.